The molecule has 2 aliphatic rings. The molecule has 102 valence electrons. The van der Waals surface area contributed by atoms with Gasteiger partial charge in [-0.1, -0.05) is 5.11 Å². The van der Waals surface area contributed by atoms with Crippen molar-refractivity contribution in [2.75, 3.05) is 13.7 Å². The van der Waals surface area contributed by atoms with Gasteiger partial charge in [-0.2, -0.15) is 0 Å². The van der Waals surface area contributed by atoms with Crippen molar-refractivity contribution in [3.05, 3.63) is 10.4 Å². The summed E-state index contributed by atoms with van der Waals surface area (Å²) in [6, 6.07) is 0. The average molecular weight is 259 g/mol. The van der Waals surface area contributed by atoms with E-state index in [2.05, 4.69) is 10.0 Å². The largest absolute Gasteiger partial charge is 0.388 e. The summed E-state index contributed by atoms with van der Waals surface area (Å²) >= 11 is 0. The average Bonchev–Trinajstić information content (AvgIpc) is 2.65. The van der Waals surface area contributed by atoms with E-state index in [4.69, 9.17) is 24.5 Å². The highest BCUT2D eigenvalue weighted by Gasteiger charge is 2.54. The molecule has 2 aliphatic heterocycles. The number of rotatable bonds is 3. The molecule has 0 aromatic carbocycles. The van der Waals surface area contributed by atoms with Gasteiger partial charge in [-0.3, -0.25) is 0 Å². The molecule has 0 radical (unpaired) electrons. The molecule has 0 aromatic heterocycles. The first-order valence-electron chi connectivity index (χ1n) is 5.71. The SMILES string of the molecule is CO[C@H]1OC(CN=[N+]=[N-])[C@H](O)C2OC(C)(C)OC21. The monoisotopic (exact) mass is 259 g/mol. The van der Waals surface area contributed by atoms with Crippen molar-refractivity contribution < 1.29 is 24.1 Å². The molecule has 0 spiro atoms. The maximum atomic E-state index is 10.1. The van der Waals surface area contributed by atoms with E-state index < -0.39 is 36.5 Å². The summed E-state index contributed by atoms with van der Waals surface area (Å²) in [7, 11) is 1.48. The zero-order valence-electron chi connectivity index (χ0n) is 10.5. The van der Waals surface area contributed by atoms with E-state index >= 15 is 0 Å². The predicted octanol–water partition coefficient (Wildman–Crippen LogP) is 0.549. The first kappa shape index (κ1) is 13.5. The lowest BCUT2D eigenvalue weighted by Gasteiger charge is -2.38. The molecular formula is C10H17N3O5. The van der Waals surface area contributed by atoms with Crippen LogP contribution >= 0.6 is 0 Å². The van der Waals surface area contributed by atoms with E-state index in [0.29, 0.717) is 0 Å². The van der Waals surface area contributed by atoms with Crippen molar-refractivity contribution in [2.45, 2.75) is 50.3 Å². The number of hydrogen-bond acceptors (Lipinski definition) is 6. The molecule has 8 heteroatoms. The minimum atomic E-state index is -0.923. The van der Waals surface area contributed by atoms with E-state index in [1.807, 2.05) is 0 Å². The molecule has 8 nitrogen and oxygen atoms in total. The summed E-state index contributed by atoms with van der Waals surface area (Å²) in [5.41, 5.74) is 8.31. The van der Waals surface area contributed by atoms with Crippen molar-refractivity contribution in [1.29, 1.82) is 0 Å². The van der Waals surface area contributed by atoms with E-state index in [-0.39, 0.29) is 6.54 Å². The van der Waals surface area contributed by atoms with Gasteiger partial charge in [-0.15, -0.1) is 0 Å². The Hall–Kier alpha value is -0.890. The van der Waals surface area contributed by atoms with E-state index in [1.54, 1.807) is 13.8 Å². The third-order valence-corrected chi connectivity index (χ3v) is 3.02. The first-order chi connectivity index (χ1) is 8.48. The van der Waals surface area contributed by atoms with Crippen LogP contribution in [0.5, 0.6) is 0 Å². The fourth-order valence-electron chi connectivity index (χ4n) is 2.29. The highest BCUT2D eigenvalue weighted by molar-refractivity contribution is 4.96. The summed E-state index contributed by atoms with van der Waals surface area (Å²) in [6.07, 6.45) is -3.29. The fourth-order valence-corrected chi connectivity index (χ4v) is 2.29. The van der Waals surface area contributed by atoms with Gasteiger partial charge in [-0.25, -0.2) is 0 Å². The normalized spacial score (nSPS) is 42.1. The third-order valence-electron chi connectivity index (χ3n) is 3.02. The van der Waals surface area contributed by atoms with Gasteiger partial charge in [0.25, 0.3) is 0 Å². The Kier molecular flexibility index (Phi) is 3.76. The molecule has 18 heavy (non-hydrogen) atoms. The molecule has 2 rings (SSSR count). The Morgan fingerprint density at radius 3 is 2.67 bits per heavy atom. The maximum Gasteiger partial charge on any atom is 0.186 e. The van der Waals surface area contributed by atoms with Gasteiger partial charge in [0.05, 0.1) is 12.6 Å². The molecule has 5 atom stereocenters. The smallest absolute Gasteiger partial charge is 0.186 e. The number of hydrogen-bond donors (Lipinski definition) is 1. The third kappa shape index (κ3) is 2.44. The lowest BCUT2D eigenvalue weighted by molar-refractivity contribution is -0.264. The molecular weight excluding hydrogens is 242 g/mol. The summed E-state index contributed by atoms with van der Waals surface area (Å²) in [6.45, 7) is 3.53. The van der Waals surface area contributed by atoms with Crippen LogP contribution < -0.4 is 0 Å². The second kappa shape index (κ2) is 5.00. The van der Waals surface area contributed by atoms with Crippen molar-refractivity contribution in [1.82, 2.24) is 0 Å². The highest BCUT2D eigenvalue weighted by atomic mass is 16.8. The predicted molar refractivity (Wildman–Crippen MR) is 59.5 cm³/mol. The van der Waals surface area contributed by atoms with Crippen LogP contribution in [0, 0.1) is 0 Å². The Morgan fingerprint density at radius 2 is 2.06 bits per heavy atom. The van der Waals surface area contributed by atoms with E-state index in [1.165, 1.54) is 7.11 Å². The zero-order valence-corrected chi connectivity index (χ0v) is 10.5. The lowest BCUT2D eigenvalue weighted by Crippen LogP contribution is -2.57. The molecule has 2 saturated heterocycles. The van der Waals surface area contributed by atoms with Crippen LogP contribution in [-0.2, 0) is 18.9 Å². The maximum absolute atomic E-state index is 10.1. The fraction of sp³-hybridized carbons (Fsp3) is 1.00. The van der Waals surface area contributed by atoms with E-state index in [0.717, 1.165) is 0 Å². The van der Waals surface area contributed by atoms with Crippen molar-refractivity contribution in [3.63, 3.8) is 0 Å². The molecule has 2 fully saturated rings. The van der Waals surface area contributed by atoms with Crippen LogP contribution in [-0.4, -0.2) is 55.3 Å². The van der Waals surface area contributed by atoms with Gasteiger partial charge < -0.3 is 24.1 Å². The van der Waals surface area contributed by atoms with Gasteiger partial charge in [0.2, 0.25) is 0 Å². The molecule has 0 saturated carbocycles. The van der Waals surface area contributed by atoms with Crippen LogP contribution in [0.2, 0.25) is 0 Å². The minimum absolute atomic E-state index is 0.0184. The number of nitrogens with zero attached hydrogens (tertiary/aromatic N) is 3. The zero-order chi connectivity index (χ0) is 13.3. The summed E-state index contributed by atoms with van der Waals surface area (Å²) in [4.78, 5) is 2.65. The Balaban J connectivity index is 2.16. The van der Waals surface area contributed by atoms with Gasteiger partial charge in [0.15, 0.2) is 12.1 Å². The summed E-state index contributed by atoms with van der Waals surface area (Å²) in [5, 5.41) is 13.6. The second-order valence-corrected chi connectivity index (χ2v) is 4.75. The van der Waals surface area contributed by atoms with Crippen molar-refractivity contribution in [2.24, 2.45) is 5.11 Å². The molecule has 0 bridgehead atoms. The molecule has 0 aromatic rings. The number of fused-ring (bicyclic) bond motifs is 1. The van der Waals surface area contributed by atoms with Gasteiger partial charge in [0.1, 0.15) is 18.3 Å². The van der Waals surface area contributed by atoms with E-state index in [9.17, 15) is 5.11 Å². The van der Waals surface area contributed by atoms with Crippen molar-refractivity contribution in [3.8, 4) is 0 Å². The molecule has 2 heterocycles. The summed E-state index contributed by atoms with van der Waals surface area (Å²) in [5.74, 6) is -0.802. The summed E-state index contributed by atoms with van der Waals surface area (Å²) < 4.78 is 22.0. The molecule has 0 aliphatic carbocycles. The Morgan fingerprint density at radius 1 is 1.39 bits per heavy atom. The van der Waals surface area contributed by atoms with Crippen LogP contribution in [0.4, 0.5) is 0 Å². The lowest BCUT2D eigenvalue weighted by atomic mass is 9.99. The van der Waals surface area contributed by atoms with Crippen LogP contribution in [0.3, 0.4) is 0 Å². The molecule has 3 unspecified atom stereocenters. The number of azide groups is 1. The first-order valence-corrected chi connectivity index (χ1v) is 5.71. The number of aliphatic hydroxyl groups excluding tert-OH is 1. The van der Waals surface area contributed by atoms with Gasteiger partial charge >= 0.3 is 0 Å². The molecule has 1 N–H and O–H groups in total. The number of ether oxygens (including phenoxy) is 4. The highest BCUT2D eigenvalue weighted by Crippen LogP contribution is 2.37. The van der Waals surface area contributed by atoms with Crippen molar-refractivity contribution >= 4 is 0 Å². The minimum Gasteiger partial charge on any atom is -0.388 e. The van der Waals surface area contributed by atoms with Crippen LogP contribution in [0.1, 0.15) is 13.8 Å². The van der Waals surface area contributed by atoms with Crippen LogP contribution in [0.25, 0.3) is 10.4 Å². The Labute approximate surface area is 104 Å². The molecule has 0 amide bonds. The number of aliphatic hydroxyl groups is 1. The van der Waals surface area contributed by atoms with Gasteiger partial charge in [0, 0.05) is 12.0 Å². The topological polar surface area (TPSA) is 106 Å². The quantitative estimate of drug-likeness (QED) is 0.452. The Bertz CT molecular complexity index is 357. The number of methoxy groups -OCH3 is 1. The van der Waals surface area contributed by atoms with Gasteiger partial charge in [-0.05, 0) is 19.4 Å². The van der Waals surface area contributed by atoms with Crippen LogP contribution in [0.15, 0.2) is 5.11 Å². The second-order valence-electron chi connectivity index (χ2n) is 4.75. The standard InChI is InChI=1S/C10H17N3O5/c1-10(2)17-7-6(14)5(4-12-13-11)16-9(15-3)8(7)18-10/h5-9,14H,4H2,1-3H3/t5?,6-,7?,8?,9-/m0/s1.